The van der Waals surface area contributed by atoms with Crippen molar-refractivity contribution in [3.63, 3.8) is 0 Å². The fraction of sp³-hybridized carbons (Fsp3) is 0.438. The van der Waals surface area contributed by atoms with Crippen molar-refractivity contribution in [3.05, 3.63) is 84.2 Å². The molecular weight excluding hydrogens is 440 g/mol. The molecule has 1 aromatic carbocycles. The molecule has 0 spiro atoms. The van der Waals surface area contributed by atoms with E-state index in [1.165, 1.54) is 32.4 Å². The molecule has 1 atom stereocenters. The summed E-state index contributed by atoms with van der Waals surface area (Å²) >= 11 is 0. The summed E-state index contributed by atoms with van der Waals surface area (Å²) < 4.78 is 0. The van der Waals surface area contributed by atoms with Crippen LogP contribution in [0.5, 0.6) is 0 Å². The lowest BCUT2D eigenvalue weighted by molar-refractivity contribution is 0.525. The van der Waals surface area contributed by atoms with Gasteiger partial charge in [0.05, 0.1) is 17.0 Å². The second-order valence-electron chi connectivity index (χ2n) is 8.92. The maximum Gasteiger partial charge on any atom is 0.121 e. The van der Waals surface area contributed by atoms with E-state index in [0.717, 1.165) is 45.3 Å². The van der Waals surface area contributed by atoms with E-state index in [-0.39, 0.29) is 0 Å². The Morgan fingerprint density at radius 1 is 1.22 bits per heavy atom. The van der Waals surface area contributed by atoms with Crippen molar-refractivity contribution < 1.29 is 0 Å². The van der Waals surface area contributed by atoms with Crippen LogP contribution in [0.3, 0.4) is 0 Å². The summed E-state index contributed by atoms with van der Waals surface area (Å²) in [6.07, 6.45) is 12.0. The largest absolute Gasteiger partial charge is 0.383 e. The van der Waals surface area contributed by atoms with Gasteiger partial charge in [0.2, 0.25) is 0 Å². The molecule has 0 bridgehead atoms. The van der Waals surface area contributed by atoms with E-state index < -0.39 is 0 Å². The van der Waals surface area contributed by atoms with Crippen LogP contribution in [-0.4, -0.2) is 49.8 Å². The summed E-state index contributed by atoms with van der Waals surface area (Å²) in [5, 5.41) is 3.40. The van der Waals surface area contributed by atoms with Crippen LogP contribution in [0.4, 0.5) is 0 Å². The Bertz CT molecular complexity index is 1010. The fourth-order valence-electron chi connectivity index (χ4n) is 3.84. The quantitative estimate of drug-likeness (QED) is 0.348. The zero-order chi connectivity index (χ0) is 26.9. The van der Waals surface area contributed by atoms with Gasteiger partial charge in [0.15, 0.2) is 0 Å². The first-order valence-electron chi connectivity index (χ1n) is 13.1. The van der Waals surface area contributed by atoms with Gasteiger partial charge in [-0.1, -0.05) is 70.2 Å². The van der Waals surface area contributed by atoms with Crippen molar-refractivity contribution in [2.45, 2.75) is 53.9 Å². The normalized spacial score (nSPS) is 16.1. The molecule has 1 saturated heterocycles. The summed E-state index contributed by atoms with van der Waals surface area (Å²) in [6, 6.07) is 14.6. The molecule has 0 radical (unpaired) electrons. The van der Waals surface area contributed by atoms with Gasteiger partial charge in [-0.3, -0.25) is 4.99 Å². The Morgan fingerprint density at radius 3 is 2.58 bits per heavy atom. The maximum absolute atomic E-state index is 4.72. The van der Waals surface area contributed by atoms with Crippen molar-refractivity contribution in [2.24, 2.45) is 10.9 Å². The lowest BCUT2D eigenvalue weighted by atomic mass is 10.0. The smallest absolute Gasteiger partial charge is 0.121 e. The highest BCUT2D eigenvalue weighted by molar-refractivity contribution is 6.08. The number of benzene rings is 1. The Morgan fingerprint density at radius 2 is 1.97 bits per heavy atom. The number of aromatic nitrogens is 1. The number of hydrogen-bond acceptors (Lipinski definition) is 4. The van der Waals surface area contributed by atoms with Crippen LogP contribution in [0.1, 0.15) is 63.8 Å². The minimum atomic E-state index is 0.775. The zero-order valence-corrected chi connectivity index (χ0v) is 23.8. The minimum absolute atomic E-state index is 0.775. The van der Waals surface area contributed by atoms with Crippen molar-refractivity contribution in [1.82, 2.24) is 15.2 Å². The molecule has 2 heterocycles. The third-order valence-corrected chi connectivity index (χ3v) is 5.65. The zero-order valence-electron chi connectivity index (χ0n) is 23.8. The summed E-state index contributed by atoms with van der Waals surface area (Å²) in [5.74, 6) is 0.914. The highest BCUT2D eigenvalue weighted by Crippen LogP contribution is 2.23. The van der Waals surface area contributed by atoms with Gasteiger partial charge in [-0.2, -0.15) is 0 Å². The van der Waals surface area contributed by atoms with Crippen molar-refractivity contribution in [2.75, 3.05) is 34.2 Å². The summed E-state index contributed by atoms with van der Waals surface area (Å²) in [5.41, 5.74) is 6.55. The summed E-state index contributed by atoms with van der Waals surface area (Å²) in [6.45, 7) is 16.7. The minimum Gasteiger partial charge on any atom is -0.383 e. The van der Waals surface area contributed by atoms with E-state index in [0.29, 0.717) is 0 Å². The van der Waals surface area contributed by atoms with Crippen LogP contribution in [-0.2, 0) is 0 Å². The third kappa shape index (κ3) is 10.2. The molecule has 1 N–H and O–H groups in total. The van der Waals surface area contributed by atoms with Crippen LogP contribution >= 0.6 is 0 Å². The highest BCUT2D eigenvalue weighted by atomic mass is 15.0. The van der Waals surface area contributed by atoms with E-state index in [1.807, 2.05) is 83.3 Å². The SMILES string of the molecule is C=C/C(=C\N(C)C)c1cccc(-c2c#cc(C(/C=C\C)=NC)c(C)n2)c1.CC.CC1CCCCNC1. The van der Waals surface area contributed by atoms with E-state index >= 15 is 0 Å². The second kappa shape index (κ2) is 17.3. The first kappa shape index (κ1) is 30.9. The molecule has 1 aliphatic heterocycles. The number of hydrogen-bond donors (Lipinski definition) is 1. The molecule has 36 heavy (non-hydrogen) atoms. The molecule has 1 fully saturated rings. The number of nitrogens with zero attached hydrogens (tertiary/aromatic N) is 3. The molecule has 0 aliphatic carbocycles. The van der Waals surface area contributed by atoms with Crippen LogP contribution in [0.25, 0.3) is 16.8 Å². The van der Waals surface area contributed by atoms with Gasteiger partial charge in [-0.15, -0.1) is 0 Å². The third-order valence-electron chi connectivity index (χ3n) is 5.65. The first-order valence-corrected chi connectivity index (χ1v) is 13.1. The van der Waals surface area contributed by atoms with Crippen molar-refractivity contribution in [1.29, 1.82) is 0 Å². The number of nitrogens with one attached hydrogen (secondary N) is 1. The van der Waals surface area contributed by atoms with Gasteiger partial charge < -0.3 is 10.2 Å². The van der Waals surface area contributed by atoms with Crippen molar-refractivity contribution in [3.8, 4) is 11.3 Å². The van der Waals surface area contributed by atoms with Gasteiger partial charge in [0.25, 0.3) is 0 Å². The van der Waals surface area contributed by atoms with Gasteiger partial charge in [0, 0.05) is 32.9 Å². The van der Waals surface area contributed by atoms with Gasteiger partial charge in [0.1, 0.15) is 5.69 Å². The van der Waals surface area contributed by atoms with E-state index in [1.54, 1.807) is 7.05 Å². The van der Waals surface area contributed by atoms with Gasteiger partial charge >= 0.3 is 0 Å². The van der Waals surface area contributed by atoms with Crippen LogP contribution in [0.15, 0.2) is 60.3 Å². The lowest BCUT2D eigenvalue weighted by Crippen LogP contribution is -2.18. The molecular formula is C32H46N4. The van der Waals surface area contributed by atoms with Crippen LogP contribution < -0.4 is 5.32 Å². The molecule has 0 saturated carbocycles. The van der Waals surface area contributed by atoms with Gasteiger partial charge in [-0.25, -0.2) is 4.98 Å². The highest BCUT2D eigenvalue weighted by Gasteiger charge is 2.08. The molecule has 194 valence electrons. The van der Waals surface area contributed by atoms with Crippen molar-refractivity contribution >= 4 is 11.3 Å². The standard InChI is InChI=1S/C23H25N3.C7H15N.C2H6/c1-7-10-23(24-4)21-13-14-22(25-17(21)3)20-12-9-11-19(15-20)18(8-2)16-26(5)6;1-7-4-2-3-5-8-6-7;1-2/h7-12,15-16H,2H2,1,3-6H3;7-8H,2-6H2,1H3;1-2H3/b10-7-,18-16+,24-23?;;. The lowest BCUT2D eigenvalue weighted by Gasteiger charge is -2.10. The molecule has 0 amide bonds. The Kier molecular flexibility index (Phi) is 14.8. The average molecular weight is 487 g/mol. The topological polar surface area (TPSA) is 40.5 Å². The average Bonchev–Trinajstić information content (AvgIpc) is 3.15. The maximum atomic E-state index is 4.72. The summed E-state index contributed by atoms with van der Waals surface area (Å²) in [4.78, 5) is 11.0. The number of allylic oxidation sites excluding steroid dienone is 4. The molecule has 2 aromatic rings. The van der Waals surface area contributed by atoms with Gasteiger partial charge in [-0.05, 0) is 75.0 Å². The molecule has 1 aromatic heterocycles. The monoisotopic (exact) mass is 486 g/mol. The van der Waals surface area contributed by atoms with Crippen LogP contribution in [0, 0.1) is 25.0 Å². The number of rotatable bonds is 6. The molecule has 1 unspecified atom stereocenters. The Hall–Kier alpha value is -3.16. The number of aliphatic imine (C=N–C) groups is 1. The molecule has 4 heteroatoms. The van der Waals surface area contributed by atoms with E-state index in [9.17, 15) is 0 Å². The Balaban J connectivity index is 0.000000543. The predicted octanol–water partition coefficient (Wildman–Crippen LogP) is 7.16. The predicted molar refractivity (Wildman–Crippen MR) is 158 cm³/mol. The summed E-state index contributed by atoms with van der Waals surface area (Å²) in [7, 11) is 5.77. The molecule has 4 nitrogen and oxygen atoms in total. The van der Waals surface area contributed by atoms with E-state index in [4.69, 9.17) is 4.98 Å². The first-order chi connectivity index (χ1) is 17.4. The fourth-order valence-corrected chi connectivity index (χ4v) is 3.84. The van der Waals surface area contributed by atoms with E-state index in [2.05, 4.69) is 48.1 Å². The second-order valence-corrected chi connectivity index (χ2v) is 8.92. The number of aryl methyl sites for hydroxylation is 1. The molecule has 1 aliphatic rings. The van der Waals surface area contributed by atoms with Crippen LogP contribution in [0.2, 0.25) is 0 Å². The Labute approximate surface area is 221 Å². The molecule has 3 rings (SSSR count).